The van der Waals surface area contributed by atoms with Gasteiger partial charge in [0, 0.05) is 22.7 Å². The molecule has 0 saturated heterocycles. The number of H-pyrrole nitrogens is 1. The topological polar surface area (TPSA) is 79.1 Å². The van der Waals surface area contributed by atoms with E-state index in [-0.39, 0.29) is 0 Å². The number of rotatable bonds is 4. The number of nitrogens with two attached hydrogens (primary N) is 1. The van der Waals surface area contributed by atoms with Gasteiger partial charge in [0.05, 0.1) is 0 Å². The van der Waals surface area contributed by atoms with E-state index in [1.54, 1.807) is 0 Å². The van der Waals surface area contributed by atoms with Crippen LogP contribution in [0.5, 0.6) is 0 Å². The number of aromatic nitrogens is 1. The van der Waals surface area contributed by atoms with Crippen LogP contribution in [-0.4, -0.2) is 22.1 Å². The second kappa shape index (κ2) is 5.42. The highest BCUT2D eigenvalue weighted by Gasteiger charge is 2.16. The molecule has 4 N–H and O–H groups in total. The van der Waals surface area contributed by atoms with Crippen LogP contribution in [0.25, 0.3) is 22.0 Å². The van der Waals surface area contributed by atoms with Crippen LogP contribution in [0.15, 0.2) is 54.7 Å². The van der Waals surface area contributed by atoms with Gasteiger partial charge in [0.25, 0.3) is 0 Å². The molecule has 0 saturated carbocycles. The Morgan fingerprint density at radius 3 is 2.62 bits per heavy atom. The molecule has 1 atom stereocenters. The number of carboxylic acid groups (broad SMARTS) is 1. The summed E-state index contributed by atoms with van der Waals surface area (Å²) in [6.07, 6.45) is 2.26. The molecule has 2 aromatic carbocycles. The van der Waals surface area contributed by atoms with Gasteiger partial charge in [-0.2, -0.15) is 0 Å². The summed E-state index contributed by atoms with van der Waals surface area (Å²) < 4.78 is 0. The summed E-state index contributed by atoms with van der Waals surface area (Å²) in [6, 6.07) is 14.9. The van der Waals surface area contributed by atoms with Crippen LogP contribution < -0.4 is 5.73 Å². The van der Waals surface area contributed by atoms with Crippen LogP contribution >= 0.6 is 0 Å². The summed E-state index contributed by atoms with van der Waals surface area (Å²) in [7, 11) is 0. The fraction of sp³-hybridized carbons (Fsp3) is 0.118. The molecule has 21 heavy (non-hydrogen) atoms. The maximum Gasteiger partial charge on any atom is 0.320 e. The van der Waals surface area contributed by atoms with Crippen LogP contribution in [0, 0.1) is 0 Å². The molecular weight excluding hydrogens is 264 g/mol. The van der Waals surface area contributed by atoms with Crippen molar-refractivity contribution in [3.05, 3.63) is 60.3 Å². The molecule has 0 spiro atoms. The number of benzene rings is 2. The number of hydrogen-bond donors (Lipinski definition) is 3. The second-order valence-electron chi connectivity index (χ2n) is 5.05. The van der Waals surface area contributed by atoms with Gasteiger partial charge in [-0.25, -0.2) is 0 Å². The Morgan fingerprint density at radius 1 is 1.10 bits per heavy atom. The molecule has 0 fully saturated rings. The fourth-order valence-corrected chi connectivity index (χ4v) is 2.58. The van der Waals surface area contributed by atoms with E-state index in [2.05, 4.69) is 11.1 Å². The molecule has 0 aliphatic heterocycles. The van der Waals surface area contributed by atoms with Crippen molar-refractivity contribution in [1.82, 2.24) is 4.98 Å². The lowest BCUT2D eigenvalue weighted by Crippen LogP contribution is -2.32. The van der Waals surface area contributed by atoms with E-state index in [0.29, 0.717) is 6.42 Å². The molecule has 1 heterocycles. The number of carboxylic acids is 1. The number of aliphatic carboxylic acids is 1. The van der Waals surface area contributed by atoms with E-state index < -0.39 is 12.0 Å². The molecule has 0 radical (unpaired) electrons. The monoisotopic (exact) mass is 280 g/mol. The average molecular weight is 280 g/mol. The molecule has 4 nitrogen and oxygen atoms in total. The van der Waals surface area contributed by atoms with Crippen molar-refractivity contribution in [1.29, 1.82) is 0 Å². The highest BCUT2D eigenvalue weighted by atomic mass is 16.4. The Hall–Kier alpha value is -2.59. The minimum absolute atomic E-state index is 0.311. The number of fused-ring (bicyclic) bond motifs is 1. The number of nitrogens with one attached hydrogen (secondary N) is 1. The summed E-state index contributed by atoms with van der Waals surface area (Å²) >= 11 is 0. The van der Waals surface area contributed by atoms with Crippen molar-refractivity contribution >= 4 is 16.9 Å². The van der Waals surface area contributed by atoms with Crippen molar-refractivity contribution in [2.45, 2.75) is 12.5 Å². The van der Waals surface area contributed by atoms with Gasteiger partial charge in [0.2, 0.25) is 0 Å². The van der Waals surface area contributed by atoms with Crippen molar-refractivity contribution in [3.8, 4) is 11.1 Å². The Balaban J connectivity index is 2.08. The Morgan fingerprint density at radius 2 is 1.81 bits per heavy atom. The number of carbonyl (C=O) groups is 1. The molecule has 0 bridgehead atoms. The minimum Gasteiger partial charge on any atom is -0.480 e. The molecule has 1 aromatic heterocycles. The zero-order valence-electron chi connectivity index (χ0n) is 11.4. The highest BCUT2D eigenvalue weighted by Crippen LogP contribution is 2.31. The molecular formula is C17H16N2O2. The van der Waals surface area contributed by atoms with E-state index in [4.69, 9.17) is 10.8 Å². The van der Waals surface area contributed by atoms with Gasteiger partial charge in [-0.1, -0.05) is 42.5 Å². The Kier molecular flexibility index (Phi) is 3.46. The van der Waals surface area contributed by atoms with Crippen LogP contribution in [0.4, 0.5) is 0 Å². The summed E-state index contributed by atoms with van der Waals surface area (Å²) in [4.78, 5) is 14.2. The third-order valence-corrected chi connectivity index (χ3v) is 3.65. The average Bonchev–Trinajstić information content (AvgIpc) is 2.91. The maximum absolute atomic E-state index is 11.0. The molecule has 0 aliphatic carbocycles. The summed E-state index contributed by atoms with van der Waals surface area (Å²) in [6.45, 7) is 0. The lowest BCUT2D eigenvalue weighted by molar-refractivity contribution is -0.138. The first-order chi connectivity index (χ1) is 10.2. The van der Waals surface area contributed by atoms with Crippen molar-refractivity contribution in [3.63, 3.8) is 0 Å². The van der Waals surface area contributed by atoms with E-state index >= 15 is 0 Å². The number of para-hydroxylation sites is 1. The molecule has 1 unspecified atom stereocenters. The molecule has 0 aliphatic rings. The van der Waals surface area contributed by atoms with Gasteiger partial charge in [-0.3, -0.25) is 4.79 Å². The predicted molar refractivity (Wildman–Crippen MR) is 83.0 cm³/mol. The molecule has 4 heteroatoms. The van der Waals surface area contributed by atoms with Gasteiger partial charge < -0.3 is 15.8 Å². The first kappa shape index (κ1) is 13.4. The molecule has 3 rings (SSSR count). The SMILES string of the molecule is NC(Cc1ccccc1-c1c[nH]c2ccccc12)C(=O)O. The summed E-state index contributed by atoms with van der Waals surface area (Å²) in [5.74, 6) is -0.983. The van der Waals surface area contributed by atoms with Crippen LogP contribution in [-0.2, 0) is 11.2 Å². The molecule has 0 amide bonds. The lowest BCUT2D eigenvalue weighted by Gasteiger charge is -2.11. The van der Waals surface area contributed by atoms with Gasteiger partial charge in [-0.05, 0) is 23.6 Å². The highest BCUT2D eigenvalue weighted by molar-refractivity contribution is 5.96. The minimum atomic E-state index is -0.983. The maximum atomic E-state index is 11.0. The zero-order valence-corrected chi connectivity index (χ0v) is 11.4. The van der Waals surface area contributed by atoms with E-state index in [9.17, 15) is 4.79 Å². The number of aromatic amines is 1. The van der Waals surface area contributed by atoms with Gasteiger partial charge in [0.1, 0.15) is 6.04 Å². The third-order valence-electron chi connectivity index (χ3n) is 3.65. The fourth-order valence-electron chi connectivity index (χ4n) is 2.58. The predicted octanol–water partition coefficient (Wildman–Crippen LogP) is 2.79. The molecule has 3 aromatic rings. The molecule has 106 valence electrons. The summed E-state index contributed by atoms with van der Waals surface area (Å²) in [5.41, 5.74) is 9.77. The standard InChI is InChI=1S/C17H16N2O2/c18-15(17(20)21)9-11-5-1-2-6-12(11)14-10-19-16-8-4-3-7-13(14)16/h1-8,10,15,19H,9,18H2,(H,20,21). The first-order valence-corrected chi connectivity index (χ1v) is 6.79. The summed E-state index contributed by atoms with van der Waals surface area (Å²) in [5, 5.41) is 10.1. The third kappa shape index (κ3) is 2.53. The van der Waals surface area contributed by atoms with E-state index in [0.717, 1.165) is 27.6 Å². The Bertz CT molecular complexity index is 792. The Labute approximate surface area is 122 Å². The zero-order chi connectivity index (χ0) is 14.8. The van der Waals surface area contributed by atoms with Crippen LogP contribution in [0.1, 0.15) is 5.56 Å². The van der Waals surface area contributed by atoms with Crippen LogP contribution in [0.2, 0.25) is 0 Å². The van der Waals surface area contributed by atoms with Crippen LogP contribution in [0.3, 0.4) is 0 Å². The second-order valence-corrected chi connectivity index (χ2v) is 5.05. The van der Waals surface area contributed by atoms with Gasteiger partial charge in [-0.15, -0.1) is 0 Å². The smallest absolute Gasteiger partial charge is 0.320 e. The lowest BCUT2D eigenvalue weighted by atomic mass is 9.95. The quantitative estimate of drug-likeness (QED) is 0.687. The largest absolute Gasteiger partial charge is 0.480 e. The van der Waals surface area contributed by atoms with E-state index in [1.807, 2.05) is 48.7 Å². The normalized spacial score (nSPS) is 12.4. The van der Waals surface area contributed by atoms with Crippen molar-refractivity contribution < 1.29 is 9.90 Å². The van der Waals surface area contributed by atoms with Gasteiger partial charge >= 0.3 is 5.97 Å². The first-order valence-electron chi connectivity index (χ1n) is 6.79. The van der Waals surface area contributed by atoms with Crippen molar-refractivity contribution in [2.75, 3.05) is 0 Å². The van der Waals surface area contributed by atoms with E-state index in [1.165, 1.54) is 0 Å². The van der Waals surface area contributed by atoms with Crippen molar-refractivity contribution in [2.24, 2.45) is 5.73 Å². The number of hydrogen-bond acceptors (Lipinski definition) is 2. The van der Waals surface area contributed by atoms with Gasteiger partial charge in [0.15, 0.2) is 0 Å².